The summed E-state index contributed by atoms with van der Waals surface area (Å²) in [5.74, 6) is 0.853. The van der Waals surface area contributed by atoms with E-state index in [2.05, 4.69) is 20.8 Å². The molecule has 0 unspecified atom stereocenters. The van der Waals surface area contributed by atoms with Gasteiger partial charge in [-0.05, 0) is 73.4 Å². The summed E-state index contributed by atoms with van der Waals surface area (Å²) >= 11 is 0. The molecule has 0 atom stereocenters. The average molecular weight is 791 g/mol. The Morgan fingerprint density at radius 1 is 0.526 bits per heavy atom. The minimum atomic E-state index is -0.474. The normalized spacial score (nSPS) is 11.8. The van der Waals surface area contributed by atoms with Crippen LogP contribution in [-0.4, -0.2) is 22.8 Å². The first-order valence-electron chi connectivity index (χ1n) is 24.5. The van der Waals surface area contributed by atoms with Crippen LogP contribution in [0.1, 0.15) is 248 Å². The molecule has 2 aromatic carbocycles. The summed E-state index contributed by atoms with van der Waals surface area (Å²) < 4.78 is 6.08. The topological polar surface area (TPSA) is 66.8 Å². The molecule has 57 heavy (non-hydrogen) atoms. The van der Waals surface area contributed by atoms with Crippen molar-refractivity contribution in [2.75, 3.05) is 6.61 Å². The van der Waals surface area contributed by atoms with Crippen molar-refractivity contribution in [3.05, 3.63) is 58.7 Å². The van der Waals surface area contributed by atoms with E-state index in [-0.39, 0.29) is 17.5 Å². The zero-order chi connectivity index (χ0) is 41.4. The number of rotatable bonds is 37. The van der Waals surface area contributed by atoms with E-state index in [1.165, 1.54) is 180 Å². The number of unbranched alkanes of at least 4 members (excludes halogenated alkanes) is 26. The van der Waals surface area contributed by atoms with Gasteiger partial charge in [-0.2, -0.15) is 0 Å². The molecule has 0 aliphatic rings. The Hall–Kier alpha value is -2.49. The number of aryl methyl sites for hydroxylation is 2. The third kappa shape index (κ3) is 23.0. The minimum absolute atomic E-state index is 0.126. The van der Waals surface area contributed by atoms with Crippen LogP contribution >= 0.6 is 0 Å². The zero-order valence-electron chi connectivity index (χ0n) is 38.1. The van der Waals surface area contributed by atoms with Crippen molar-refractivity contribution in [2.45, 2.75) is 245 Å². The molecule has 0 heterocycles. The summed E-state index contributed by atoms with van der Waals surface area (Å²) in [6.07, 6.45) is 41.7. The van der Waals surface area contributed by atoms with Crippen LogP contribution in [0, 0.1) is 19.8 Å². The molecular weight excluding hydrogens is 701 g/mol. The summed E-state index contributed by atoms with van der Waals surface area (Å²) in [5, 5.41) is 20.5. The van der Waals surface area contributed by atoms with Gasteiger partial charge in [-0.3, -0.25) is 4.79 Å². The first kappa shape index (κ1) is 50.7. The average Bonchev–Trinajstić information content (AvgIpc) is 3.20. The zero-order valence-corrected chi connectivity index (χ0v) is 38.1. The maximum atomic E-state index is 13.4. The molecule has 4 nitrogen and oxygen atoms in total. The van der Waals surface area contributed by atoms with Crippen LogP contribution in [0.4, 0.5) is 0 Å². The van der Waals surface area contributed by atoms with E-state index in [1.54, 1.807) is 12.1 Å². The third-order valence-corrected chi connectivity index (χ3v) is 12.9. The van der Waals surface area contributed by atoms with E-state index < -0.39 is 5.41 Å². The van der Waals surface area contributed by atoms with E-state index in [4.69, 9.17) is 4.74 Å². The van der Waals surface area contributed by atoms with Crippen LogP contribution < -0.4 is 0 Å². The molecule has 0 amide bonds. The van der Waals surface area contributed by atoms with Gasteiger partial charge in [0.1, 0.15) is 11.5 Å². The van der Waals surface area contributed by atoms with Crippen LogP contribution in [0.5, 0.6) is 11.5 Å². The van der Waals surface area contributed by atoms with Gasteiger partial charge in [0.05, 0.1) is 6.61 Å². The molecule has 0 spiro atoms. The molecule has 2 N–H and O–H groups in total. The molecule has 2 rings (SSSR count). The molecule has 0 aliphatic heterocycles. The Labute approximate surface area is 352 Å². The van der Waals surface area contributed by atoms with Gasteiger partial charge >= 0.3 is 5.97 Å². The number of phenolic OH excluding ortho intramolecular Hbond substituents is 2. The lowest BCUT2D eigenvalue weighted by Gasteiger charge is -2.32. The second-order valence-corrected chi connectivity index (χ2v) is 18.2. The fraction of sp³-hybridized carbons (Fsp3) is 0.755. The second-order valence-electron chi connectivity index (χ2n) is 18.2. The third-order valence-electron chi connectivity index (χ3n) is 12.9. The van der Waals surface area contributed by atoms with Gasteiger partial charge in [-0.25, -0.2) is 0 Å². The Balaban J connectivity index is 1.81. The molecular formula is C53H90O4. The van der Waals surface area contributed by atoms with E-state index in [0.29, 0.717) is 25.4 Å². The molecule has 0 saturated heterocycles. The van der Waals surface area contributed by atoms with Gasteiger partial charge < -0.3 is 14.9 Å². The Kier molecular flexibility index (Phi) is 28.8. The van der Waals surface area contributed by atoms with Crippen molar-refractivity contribution in [1.82, 2.24) is 0 Å². The molecule has 0 aromatic heterocycles. The number of aromatic hydroxyl groups is 2. The van der Waals surface area contributed by atoms with Crippen molar-refractivity contribution >= 4 is 5.97 Å². The van der Waals surface area contributed by atoms with E-state index in [1.807, 2.05) is 38.1 Å². The Morgan fingerprint density at radius 2 is 0.842 bits per heavy atom. The highest BCUT2D eigenvalue weighted by Crippen LogP contribution is 2.39. The number of ether oxygens (including phenoxy) is 1. The Morgan fingerprint density at radius 3 is 1.16 bits per heavy atom. The standard InChI is InChI=1S/C53H90O4/c1-6-8-10-12-14-16-18-20-22-24-26-28-30-32-34-47(35-33-31-29-27-25-23-21-19-17-15-13-11-9-7-2)44-57-52(56)40-41-53(5,48-36-38-50(54)45(3)42-48)49-37-39-51(55)46(4)43-49/h36-39,42-43,47,54-55H,6-35,40-41,44H2,1-5H3. The number of esters is 1. The number of phenols is 2. The van der Waals surface area contributed by atoms with E-state index >= 15 is 0 Å². The van der Waals surface area contributed by atoms with Gasteiger partial charge in [0.15, 0.2) is 0 Å². The number of hydrogen-bond acceptors (Lipinski definition) is 4. The smallest absolute Gasteiger partial charge is 0.305 e. The van der Waals surface area contributed by atoms with Crippen LogP contribution in [0.25, 0.3) is 0 Å². The molecule has 4 heteroatoms. The lowest BCUT2D eigenvalue weighted by molar-refractivity contribution is -0.145. The number of carbonyl (C=O) groups excluding carboxylic acids is 1. The number of carbonyl (C=O) groups is 1. The van der Waals surface area contributed by atoms with E-state index in [0.717, 1.165) is 35.1 Å². The predicted molar refractivity (Wildman–Crippen MR) is 246 cm³/mol. The summed E-state index contributed by atoms with van der Waals surface area (Å²) in [6, 6.07) is 11.4. The maximum absolute atomic E-state index is 13.4. The molecule has 2 aromatic rings. The fourth-order valence-corrected chi connectivity index (χ4v) is 8.65. The SMILES string of the molecule is CCCCCCCCCCCCCCCCC(CCCCCCCCCCCCCCCC)COC(=O)CCC(C)(c1ccc(O)c(C)c1)c1ccc(O)c(C)c1. The molecule has 0 radical (unpaired) electrons. The van der Waals surface area contributed by atoms with Crippen LogP contribution in [0.15, 0.2) is 36.4 Å². The summed E-state index contributed by atoms with van der Waals surface area (Å²) in [6.45, 7) is 11.1. The minimum Gasteiger partial charge on any atom is -0.508 e. The fourth-order valence-electron chi connectivity index (χ4n) is 8.65. The van der Waals surface area contributed by atoms with Crippen molar-refractivity contribution in [1.29, 1.82) is 0 Å². The lowest BCUT2D eigenvalue weighted by atomic mass is 9.72. The van der Waals surface area contributed by atoms with Gasteiger partial charge in [0.2, 0.25) is 0 Å². The summed E-state index contributed by atoms with van der Waals surface area (Å²) in [4.78, 5) is 13.4. The van der Waals surface area contributed by atoms with Crippen LogP contribution in [0.2, 0.25) is 0 Å². The van der Waals surface area contributed by atoms with Gasteiger partial charge in [0.25, 0.3) is 0 Å². The van der Waals surface area contributed by atoms with Crippen LogP contribution in [-0.2, 0) is 14.9 Å². The Bertz CT molecular complexity index is 1200. The van der Waals surface area contributed by atoms with Crippen molar-refractivity contribution in [3.63, 3.8) is 0 Å². The van der Waals surface area contributed by atoms with Crippen molar-refractivity contribution in [2.24, 2.45) is 5.92 Å². The van der Waals surface area contributed by atoms with Gasteiger partial charge in [-0.1, -0.05) is 225 Å². The second kappa shape index (κ2) is 32.4. The monoisotopic (exact) mass is 791 g/mol. The summed E-state index contributed by atoms with van der Waals surface area (Å²) in [7, 11) is 0. The van der Waals surface area contributed by atoms with E-state index in [9.17, 15) is 15.0 Å². The highest BCUT2D eigenvalue weighted by Gasteiger charge is 2.31. The van der Waals surface area contributed by atoms with Crippen molar-refractivity contribution < 1.29 is 19.7 Å². The van der Waals surface area contributed by atoms with Crippen LogP contribution in [0.3, 0.4) is 0 Å². The summed E-state index contributed by atoms with van der Waals surface area (Å²) in [5.41, 5.74) is 3.24. The van der Waals surface area contributed by atoms with Gasteiger partial charge in [-0.15, -0.1) is 0 Å². The molecule has 0 bridgehead atoms. The first-order valence-corrected chi connectivity index (χ1v) is 24.5. The molecule has 326 valence electrons. The number of hydrogen-bond donors (Lipinski definition) is 2. The van der Waals surface area contributed by atoms with Crippen molar-refractivity contribution in [3.8, 4) is 11.5 Å². The highest BCUT2D eigenvalue weighted by atomic mass is 16.5. The quantitative estimate of drug-likeness (QED) is 0.0528. The predicted octanol–water partition coefficient (Wildman–Crippen LogP) is 16.7. The number of benzene rings is 2. The molecule has 0 saturated carbocycles. The lowest BCUT2D eigenvalue weighted by Crippen LogP contribution is -2.26. The molecule has 0 aliphatic carbocycles. The largest absolute Gasteiger partial charge is 0.508 e. The maximum Gasteiger partial charge on any atom is 0.305 e. The highest BCUT2D eigenvalue weighted by molar-refractivity contribution is 5.69. The molecule has 0 fully saturated rings. The first-order chi connectivity index (χ1) is 27.7. The van der Waals surface area contributed by atoms with Gasteiger partial charge in [0, 0.05) is 11.8 Å².